The largest absolute Gasteiger partial charge is 0.372 e. The summed E-state index contributed by atoms with van der Waals surface area (Å²) >= 11 is 1.16. The summed E-state index contributed by atoms with van der Waals surface area (Å²) in [5.41, 5.74) is 0. The first-order valence-electron chi connectivity index (χ1n) is 6.67. The van der Waals surface area contributed by atoms with Crippen molar-refractivity contribution in [3.05, 3.63) is 16.3 Å². The van der Waals surface area contributed by atoms with Crippen LogP contribution < -0.4 is 0 Å². The SMILES string of the molecule is C[C@H]1CN(C(=O)c2cc(S(=O)(=O)N(C)C)cs2)C[C@H](C)O1. The Balaban J connectivity index is 2.20. The van der Waals surface area contributed by atoms with Gasteiger partial charge in [0.05, 0.1) is 22.0 Å². The number of carbonyl (C=O) groups excluding carboxylic acids is 1. The predicted octanol–water partition coefficient (Wildman–Crippen LogP) is 1.25. The van der Waals surface area contributed by atoms with Crippen molar-refractivity contribution in [2.45, 2.75) is 31.0 Å². The molecule has 1 aliphatic heterocycles. The van der Waals surface area contributed by atoms with Gasteiger partial charge in [0.2, 0.25) is 10.0 Å². The number of ether oxygens (including phenoxy) is 1. The fourth-order valence-corrected chi connectivity index (χ4v) is 4.41. The number of hydrogen-bond donors (Lipinski definition) is 0. The van der Waals surface area contributed by atoms with Crippen molar-refractivity contribution >= 4 is 27.3 Å². The monoisotopic (exact) mass is 332 g/mol. The summed E-state index contributed by atoms with van der Waals surface area (Å²) in [7, 11) is -0.549. The second-order valence-corrected chi connectivity index (χ2v) is 8.46. The Morgan fingerprint density at radius 1 is 1.33 bits per heavy atom. The fourth-order valence-electron chi connectivity index (χ4n) is 2.28. The van der Waals surface area contributed by atoms with Crippen molar-refractivity contribution in [2.75, 3.05) is 27.2 Å². The van der Waals surface area contributed by atoms with Gasteiger partial charge in [0.1, 0.15) is 0 Å². The van der Waals surface area contributed by atoms with Gasteiger partial charge in [-0.3, -0.25) is 4.79 Å². The van der Waals surface area contributed by atoms with Gasteiger partial charge in [-0.05, 0) is 19.9 Å². The van der Waals surface area contributed by atoms with Gasteiger partial charge in [-0.2, -0.15) is 0 Å². The number of sulfonamides is 1. The molecule has 0 aromatic carbocycles. The Labute approximate surface area is 129 Å². The Hall–Kier alpha value is -0.960. The molecule has 2 rings (SSSR count). The molecule has 8 heteroatoms. The van der Waals surface area contributed by atoms with Crippen LogP contribution in [0.4, 0.5) is 0 Å². The van der Waals surface area contributed by atoms with Gasteiger partial charge in [-0.1, -0.05) is 0 Å². The highest BCUT2D eigenvalue weighted by atomic mass is 32.2. The average Bonchev–Trinajstić information content (AvgIpc) is 2.86. The quantitative estimate of drug-likeness (QED) is 0.835. The molecule has 1 aromatic rings. The van der Waals surface area contributed by atoms with Crippen molar-refractivity contribution in [1.29, 1.82) is 0 Å². The zero-order chi connectivity index (χ0) is 15.8. The number of nitrogens with zero attached hydrogens (tertiary/aromatic N) is 2. The van der Waals surface area contributed by atoms with E-state index in [1.165, 1.54) is 25.5 Å². The summed E-state index contributed by atoms with van der Waals surface area (Å²) in [5, 5.41) is 1.51. The summed E-state index contributed by atoms with van der Waals surface area (Å²) in [6.07, 6.45) is -0.0229. The average molecular weight is 332 g/mol. The van der Waals surface area contributed by atoms with E-state index in [2.05, 4.69) is 0 Å². The smallest absolute Gasteiger partial charge is 0.264 e. The number of morpholine rings is 1. The predicted molar refractivity (Wildman–Crippen MR) is 81.1 cm³/mol. The highest BCUT2D eigenvalue weighted by molar-refractivity contribution is 7.89. The molecule has 0 spiro atoms. The molecule has 1 fully saturated rings. The van der Waals surface area contributed by atoms with Crippen molar-refractivity contribution in [3.8, 4) is 0 Å². The minimum Gasteiger partial charge on any atom is -0.372 e. The van der Waals surface area contributed by atoms with Gasteiger partial charge in [-0.25, -0.2) is 12.7 Å². The van der Waals surface area contributed by atoms with Gasteiger partial charge in [-0.15, -0.1) is 11.3 Å². The van der Waals surface area contributed by atoms with Crippen LogP contribution in [0, 0.1) is 0 Å². The van der Waals surface area contributed by atoms with Crippen LogP contribution in [0.15, 0.2) is 16.3 Å². The zero-order valence-corrected chi connectivity index (χ0v) is 14.2. The first-order valence-corrected chi connectivity index (χ1v) is 8.99. The summed E-state index contributed by atoms with van der Waals surface area (Å²) in [5.74, 6) is -0.137. The van der Waals surface area contributed by atoms with Crippen LogP contribution in [0.5, 0.6) is 0 Å². The maximum absolute atomic E-state index is 12.5. The standard InChI is InChI=1S/C13H20N2O4S2/c1-9-6-15(7-10(2)19-9)13(16)12-5-11(8-20-12)21(17,18)14(3)4/h5,8-10H,6-7H2,1-4H3/t9-,10-/m0/s1. The van der Waals surface area contributed by atoms with Crippen LogP contribution in [0.25, 0.3) is 0 Å². The molecule has 1 amide bonds. The molecule has 1 saturated heterocycles. The summed E-state index contributed by atoms with van der Waals surface area (Å²) in [6.45, 7) is 4.90. The van der Waals surface area contributed by atoms with Gasteiger partial charge >= 0.3 is 0 Å². The van der Waals surface area contributed by atoms with Crippen molar-refractivity contribution < 1.29 is 17.9 Å². The number of hydrogen-bond acceptors (Lipinski definition) is 5. The summed E-state index contributed by atoms with van der Waals surface area (Å²) < 4.78 is 30.8. The molecule has 1 aromatic heterocycles. The summed E-state index contributed by atoms with van der Waals surface area (Å²) in [4.78, 5) is 14.8. The zero-order valence-electron chi connectivity index (χ0n) is 12.6. The van der Waals surface area contributed by atoms with E-state index in [0.29, 0.717) is 18.0 Å². The van der Waals surface area contributed by atoms with Gasteiger partial charge in [0, 0.05) is 32.6 Å². The molecular weight excluding hydrogens is 312 g/mol. The van der Waals surface area contributed by atoms with E-state index in [4.69, 9.17) is 4.74 Å². The van der Waals surface area contributed by atoms with E-state index in [1.54, 1.807) is 4.90 Å². The lowest BCUT2D eigenvalue weighted by Crippen LogP contribution is -2.48. The van der Waals surface area contributed by atoms with Gasteiger partial charge in [0.15, 0.2) is 0 Å². The first kappa shape index (κ1) is 16.4. The van der Waals surface area contributed by atoms with E-state index in [0.717, 1.165) is 15.6 Å². The molecular formula is C13H20N2O4S2. The van der Waals surface area contributed by atoms with Crippen molar-refractivity contribution in [1.82, 2.24) is 9.21 Å². The van der Waals surface area contributed by atoms with Crippen LogP contribution in [-0.4, -0.2) is 62.9 Å². The van der Waals surface area contributed by atoms with E-state index in [1.807, 2.05) is 13.8 Å². The molecule has 0 aliphatic carbocycles. The summed E-state index contributed by atoms with van der Waals surface area (Å²) in [6, 6.07) is 1.45. The molecule has 2 atom stereocenters. The van der Waals surface area contributed by atoms with Crippen molar-refractivity contribution in [3.63, 3.8) is 0 Å². The van der Waals surface area contributed by atoms with E-state index in [9.17, 15) is 13.2 Å². The molecule has 0 N–H and O–H groups in total. The molecule has 2 heterocycles. The Bertz CT molecular complexity index is 614. The molecule has 6 nitrogen and oxygen atoms in total. The molecule has 0 radical (unpaired) electrons. The van der Waals surface area contributed by atoms with Crippen LogP contribution in [0.1, 0.15) is 23.5 Å². The Morgan fingerprint density at radius 2 is 1.90 bits per heavy atom. The third-order valence-electron chi connectivity index (χ3n) is 3.27. The number of thiophene rings is 1. The van der Waals surface area contributed by atoms with Crippen LogP contribution >= 0.6 is 11.3 Å². The molecule has 0 saturated carbocycles. The van der Waals surface area contributed by atoms with E-state index >= 15 is 0 Å². The lowest BCUT2D eigenvalue weighted by atomic mass is 10.2. The third-order valence-corrected chi connectivity index (χ3v) is 6.13. The number of carbonyl (C=O) groups is 1. The Morgan fingerprint density at radius 3 is 2.43 bits per heavy atom. The number of rotatable bonds is 3. The molecule has 118 valence electrons. The van der Waals surface area contributed by atoms with E-state index in [-0.39, 0.29) is 23.0 Å². The third kappa shape index (κ3) is 3.45. The molecule has 0 unspecified atom stereocenters. The number of amides is 1. The van der Waals surface area contributed by atoms with Crippen LogP contribution in [0.3, 0.4) is 0 Å². The lowest BCUT2D eigenvalue weighted by molar-refractivity contribution is -0.0585. The second-order valence-electron chi connectivity index (χ2n) is 5.40. The first-order chi connectivity index (χ1) is 9.71. The molecule has 1 aliphatic rings. The fraction of sp³-hybridized carbons (Fsp3) is 0.615. The van der Waals surface area contributed by atoms with E-state index < -0.39 is 10.0 Å². The van der Waals surface area contributed by atoms with Crippen LogP contribution in [-0.2, 0) is 14.8 Å². The lowest BCUT2D eigenvalue weighted by Gasteiger charge is -2.35. The molecule has 21 heavy (non-hydrogen) atoms. The highest BCUT2D eigenvalue weighted by Gasteiger charge is 2.28. The normalized spacial score (nSPS) is 23.6. The van der Waals surface area contributed by atoms with Crippen LogP contribution in [0.2, 0.25) is 0 Å². The molecule has 0 bridgehead atoms. The minimum absolute atomic E-state index is 0.0114. The maximum atomic E-state index is 12.5. The Kier molecular flexibility index (Phi) is 4.72. The highest BCUT2D eigenvalue weighted by Crippen LogP contribution is 2.24. The van der Waals surface area contributed by atoms with Gasteiger partial charge < -0.3 is 9.64 Å². The maximum Gasteiger partial charge on any atom is 0.264 e. The minimum atomic E-state index is -3.49. The van der Waals surface area contributed by atoms with Crippen molar-refractivity contribution in [2.24, 2.45) is 0 Å². The second kappa shape index (κ2) is 6.04. The topological polar surface area (TPSA) is 66.9 Å². The van der Waals surface area contributed by atoms with Gasteiger partial charge in [0.25, 0.3) is 5.91 Å².